The molecule has 5 aromatic rings. The van der Waals surface area contributed by atoms with Gasteiger partial charge >= 0.3 is 5.97 Å². The molecule has 7 rings (SSSR count). The Morgan fingerprint density at radius 2 is 1.83 bits per heavy atom. The molecule has 3 heterocycles. The van der Waals surface area contributed by atoms with E-state index in [4.69, 9.17) is 14.1 Å². The van der Waals surface area contributed by atoms with Crippen LogP contribution in [0.1, 0.15) is 52.2 Å². The maximum absolute atomic E-state index is 14.0. The molecule has 0 unspecified atom stereocenters. The van der Waals surface area contributed by atoms with Gasteiger partial charge in [0.2, 0.25) is 0 Å². The number of carbonyl (C=O) groups is 1. The van der Waals surface area contributed by atoms with Gasteiger partial charge in [0.25, 0.3) is 5.56 Å². The minimum Gasteiger partial charge on any atom is -0.462 e. The number of fused-ring (bicyclic) bond motifs is 3. The summed E-state index contributed by atoms with van der Waals surface area (Å²) in [5, 5.41) is 0. The minimum absolute atomic E-state index is 0.0891. The fourth-order valence-corrected chi connectivity index (χ4v) is 6.91. The quantitative estimate of drug-likeness (QED) is 0.206. The molecule has 0 radical (unpaired) electrons. The molecular weight excluding hydrogens is 612 g/mol. The molecule has 0 spiro atoms. The second kappa shape index (κ2) is 10.9. The van der Waals surface area contributed by atoms with E-state index in [1.165, 1.54) is 22.5 Å². The van der Waals surface area contributed by atoms with E-state index < -0.39 is 0 Å². The van der Waals surface area contributed by atoms with E-state index in [1.807, 2.05) is 47.0 Å². The summed E-state index contributed by atoms with van der Waals surface area (Å²) in [6.07, 6.45) is 3.55. The number of ether oxygens (including phenoxy) is 1. The summed E-state index contributed by atoms with van der Waals surface area (Å²) in [6, 6.07) is 27.2. The number of halogens is 1. The molecule has 208 valence electrons. The number of hydrogen-bond acceptors (Lipinski definition) is 6. The molecule has 0 saturated carbocycles. The number of aromatic nitrogens is 1. The van der Waals surface area contributed by atoms with Gasteiger partial charge < -0.3 is 9.15 Å². The first-order chi connectivity index (χ1) is 20.5. The van der Waals surface area contributed by atoms with Gasteiger partial charge in [0.05, 0.1) is 28.4 Å². The second-order valence-electron chi connectivity index (χ2n) is 10.2. The Bertz CT molecular complexity index is 2050. The predicted molar refractivity (Wildman–Crippen MR) is 167 cm³/mol. The van der Waals surface area contributed by atoms with Gasteiger partial charge in [-0.15, -0.1) is 0 Å². The maximum Gasteiger partial charge on any atom is 0.338 e. The fourth-order valence-electron chi connectivity index (χ4n) is 5.67. The van der Waals surface area contributed by atoms with Crippen LogP contribution >= 0.6 is 27.3 Å². The van der Waals surface area contributed by atoms with Crippen molar-refractivity contribution in [1.29, 1.82) is 0 Å². The highest BCUT2D eigenvalue weighted by molar-refractivity contribution is 9.10. The number of nitrogens with zero attached hydrogens (tertiary/aromatic N) is 2. The fraction of sp³-hybridized carbons (Fsp3) is 0.147. The first kappa shape index (κ1) is 26.6. The molecule has 0 bridgehead atoms. The average Bonchev–Trinajstić information content (AvgIpc) is 3.61. The Kier molecular flexibility index (Phi) is 6.88. The number of furan rings is 1. The number of benzene rings is 3. The van der Waals surface area contributed by atoms with Crippen LogP contribution in [0.2, 0.25) is 0 Å². The third-order valence-electron chi connectivity index (χ3n) is 7.64. The smallest absolute Gasteiger partial charge is 0.338 e. The van der Waals surface area contributed by atoms with Gasteiger partial charge in [-0.2, -0.15) is 0 Å². The van der Waals surface area contributed by atoms with Gasteiger partial charge in [-0.3, -0.25) is 9.36 Å². The van der Waals surface area contributed by atoms with Gasteiger partial charge in [-0.05, 0) is 72.9 Å². The summed E-state index contributed by atoms with van der Waals surface area (Å²) in [4.78, 5) is 31.7. The van der Waals surface area contributed by atoms with E-state index in [0.29, 0.717) is 33.0 Å². The molecule has 1 atom stereocenters. The Morgan fingerprint density at radius 1 is 1.05 bits per heavy atom. The van der Waals surface area contributed by atoms with Crippen LogP contribution in [-0.4, -0.2) is 17.1 Å². The van der Waals surface area contributed by atoms with Crippen LogP contribution in [0, 0.1) is 0 Å². The van der Waals surface area contributed by atoms with E-state index >= 15 is 0 Å². The van der Waals surface area contributed by atoms with Gasteiger partial charge in [0, 0.05) is 21.7 Å². The third-order valence-corrected chi connectivity index (χ3v) is 9.15. The number of aryl methyl sites for hydroxylation is 1. The Balaban J connectivity index is 1.31. The summed E-state index contributed by atoms with van der Waals surface area (Å²) >= 11 is 4.93. The summed E-state index contributed by atoms with van der Waals surface area (Å²) in [6.45, 7) is 2.11. The molecule has 1 aliphatic carbocycles. The van der Waals surface area contributed by atoms with E-state index in [2.05, 4.69) is 46.3 Å². The molecule has 2 aromatic heterocycles. The Hall–Kier alpha value is -4.27. The van der Waals surface area contributed by atoms with Crippen LogP contribution in [0.5, 0.6) is 0 Å². The summed E-state index contributed by atoms with van der Waals surface area (Å²) < 4.78 is 14.6. The Morgan fingerprint density at radius 3 is 2.62 bits per heavy atom. The highest BCUT2D eigenvalue weighted by Gasteiger charge is 2.32. The number of allylic oxidation sites excluding steroid dienone is 1. The highest BCUT2D eigenvalue weighted by atomic mass is 79.9. The van der Waals surface area contributed by atoms with Crippen molar-refractivity contribution in [2.24, 2.45) is 4.99 Å². The van der Waals surface area contributed by atoms with Crippen molar-refractivity contribution in [2.45, 2.75) is 25.8 Å². The standard InChI is InChI=1S/C34H25BrN2O4S/c1-2-40-33(39)23-9-7-21(8-10-23)28-18-16-25(41-28)19-29-32(38)37-31(22-11-14-24(35)15-12-22)27-17-13-20-5-3-4-6-26(20)30(27)36-34(37)42-29/h3-12,14-16,18-19,31H,2,13,17H2,1H3/b29-19+/t31-/m0/s1. The van der Waals surface area contributed by atoms with Crippen molar-refractivity contribution in [3.63, 3.8) is 0 Å². The molecule has 8 heteroatoms. The SMILES string of the molecule is CCOC(=O)c1ccc(-c2ccc(/C=c3/sc4n(c3=O)[C@@H](c3ccc(Br)cc3)C3=C(N=4)c4ccccc4CC3)o2)cc1. The van der Waals surface area contributed by atoms with Crippen LogP contribution in [0.3, 0.4) is 0 Å². The topological polar surface area (TPSA) is 73.8 Å². The molecule has 3 aromatic carbocycles. The van der Waals surface area contributed by atoms with E-state index in [9.17, 15) is 9.59 Å². The molecule has 0 amide bonds. The van der Waals surface area contributed by atoms with Crippen molar-refractivity contribution in [3.05, 3.63) is 143 Å². The van der Waals surface area contributed by atoms with Crippen LogP contribution in [0.15, 0.2) is 109 Å². The molecule has 0 saturated heterocycles. The normalized spacial score (nSPS) is 16.0. The van der Waals surface area contributed by atoms with Crippen LogP contribution in [-0.2, 0) is 11.2 Å². The van der Waals surface area contributed by atoms with Gasteiger partial charge in [-0.25, -0.2) is 9.79 Å². The van der Waals surface area contributed by atoms with E-state index in [1.54, 1.807) is 25.1 Å². The lowest BCUT2D eigenvalue weighted by molar-refractivity contribution is 0.0526. The lowest BCUT2D eigenvalue weighted by Gasteiger charge is -2.30. The lowest BCUT2D eigenvalue weighted by Crippen LogP contribution is -2.38. The van der Waals surface area contributed by atoms with E-state index in [-0.39, 0.29) is 17.6 Å². The van der Waals surface area contributed by atoms with Crippen molar-refractivity contribution in [2.75, 3.05) is 6.61 Å². The van der Waals surface area contributed by atoms with Crippen LogP contribution in [0.4, 0.5) is 0 Å². The predicted octanol–water partition coefficient (Wildman–Crippen LogP) is 6.52. The number of hydrogen-bond donors (Lipinski definition) is 0. The van der Waals surface area contributed by atoms with Gasteiger partial charge in [-0.1, -0.05) is 75.8 Å². The van der Waals surface area contributed by atoms with Crippen LogP contribution < -0.4 is 14.9 Å². The average molecular weight is 638 g/mol. The zero-order valence-electron chi connectivity index (χ0n) is 22.7. The Labute approximate surface area is 254 Å². The van der Waals surface area contributed by atoms with Crippen molar-refractivity contribution in [1.82, 2.24) is 4.57 Å². The van der Waals surface area contributed by atoms with E-state index in [0.717, 1.165) is 39.7 Å². The molecule has 0 fully saturated rings. The first-order valence-corrected chi connectivity index (χ1v) is 15.4. The number of esters is 1. The molecule has 2 aliphatic rings. The zero-order chi connectivity index (χ0) is 28.8. The number of rotatable bonds is 5. The summed E-state index contributed by atoms with van der Waals surface area (Å²) in [7, 11) is 0. The zero-order valence-corrected chi connectivity index (χ0v) is 25.1. The largest absolute Gasteiger partial charge is 0.462 e. The highest BCUT2D eigenvalue weighted by Crippen LogP contribution is 2.41. The minimum atomic E-state index is -0.355. The van der Waals surface area contributed by atoms with Gasteiger partial charge in [0.15, 0.2) is 4.80 Å². The van der Waals surface area contributed by atoms with Crippen molar-refractivity contribution in [3.8, 4) is 11.3 Å². The molecular formula is C34H25BrN2O4S. The number of thiazole rings is 1. The van der Waals surface area contributed by atoms with Crippen molar-refractivity contribution < 1.29 is 13.9 Å². The molecule has 0 N–H and O–H groups in total. The second-order valence-corrected chi connectivity index (χ2v) is 12.1. The van der Waals surface area contributed by atoms with Crippen molar-refractivity contribution >= 4 is 45.0 Å². The molecule has 42 heavy (non-hydrogen) atoms. The lowest BCUT2D eigenvalue weighted by atomic mass is 9.83. The molecule has 6 nitrogen and oxygen atoms in total. The summed E-state index contributed by atoms with van der Waals surface area (Å²) in [5.41, 5.74) is 6.85. The first-order valence-electron chi connectivity index (χ1n) is 13.8. The van der Waals surface area contributed by atoms with Crippen LogP contribution in [0.25, 0.3) is 23.1 Å². The summed E-state index contributed by atoms with van der Waals surface area (Å²) in [5.74, 6) is 0.856. The number of carbonyl (C=O) groups excluding carboxylic acids is 1. The monoisotopic (exact) mass is 636 g/mol. The third kappa shape index (κ3) is 4.70. The maximum atomic E-state index is 14.0. The van der Waals surface area contributed by atoms with Gasteiger partial charge in [0.1, 0.15) is 11.5 Å². The molecule has 1 aliphatic heterocycles.